The van der Waals surface area contributed by atoms with E-state index < -0.39 is 6.04 Å². The number of halogens is 1. The van der Waals surface area contributed by atoms with Gasteiger partial charge in [0.25, 0.3) is 0 Å². The highest BCUT2D eigenvalue weighted by molar-refractivity contribution is 9.10. The molecule has 0 saturated carbocycles. The van der Waals surface area contributed by atoms with Gasteiger partial charge in [-0.2, -0.15) is 0 Å². The number of hydrogen-bond acceptors (Lipinski definition) is 4. The average molecular weight is 353 g/mol. The Labute approximate surface area is 131 Å². The zero-order valence-corrected chi connectivity index (χ0v) is 13.2. The smallest absolute Gasteiger partial charge is 0.245 e. The number of nitrogens with zero attached hydrogens (tertiary/aromatic N) is 1. The quantitative estimate of drug-likeness (QED) is 0.744. The number of fused-ring (bicyclic) bond motifs is 1. The highest BCUT2D eigenvalue weighted by Crippen LogP contribution is 2.39. The Hall–Kier alpha value is -1.60. The van der Waals surface area contributed by atoms with Gasteiger partial charge in [-0.25, -0.2) is 0 Å². The summed E-state index contributed by atoms with van der Waals surface area (Å²) in [5, 5.41) is 5.67. The molecule has 0 aromatic heterocycles. The molecule has 2 aliphatic rings. The molecule has 112 valence electrons. The highest BCUT2D eigenvalue weighted by Gasteiger charge is 2.33. The summed E-state index contributed by atoms with van der Waals surface area (Å²) < 4.78 is 0.848. The van der Waals surface area contributed by atoms with Gasteiger partial charge >= 0.3 is 0 Å². The van der Waals surface area contributed by atoms with Crippen molar-refractivity contribution in [2.24, 2.45) is 5.73 Å². The van der Waals surface area contributed by atoms with Crippen LogP contribution >= 0.6 is 15.9 Å². The van der Waals surface area contributed by atoms with Crippen LogP contribution in [0.4, 0.5) is 11.4 Å². The zero-order valence-electron chi connectivity index (χ0n) is 11.6. The minimum Gasteiger partial charge on any atom is -0.357 e. The van der Waals surface area contributed by atoms with Crippen LogP contribution in [0.25, 0.3) is 0 Å². The highest BCUT2D eigenvalue weighted by atomic mass is 79.9. The fourth-order valence-electron chi connectivity index (χ4n) is 2.92. The Morgan fingerprint density at radius 2 is 2.14 bits per heavy atom. The molecular formula is C14H17BrN4O2. The van der Waals surface area contributed by atoms with E-state index in [4.69, 9.17) is 5.73 Å². The molecular weight excluding hydrogens is 336 g/mol. The molecule has 2 unspecified atom stereocenters. The monoisotopic (exact) mass is 352 g/mol. The summed E-state index contributed by atoms with van der Waals surface area (Å²) in [5.74, 6) is -0.158. The molecule has 4 N–H and O–H groups in total. The first-order valence-electron chi connectivity index (χ1n) is 6.97. The van der Waals surface area contributed by atoms with Gasteiger partial charge in [-0.3, -0.25) is 9.59 Å². The Kier molecular flexibility index (Phi) is 3.62. The number of rotatable bonds is 2. The van der Waals surface area contributed by atoms with Gasteiger partial charge in [-0.05, 0) is 34.5 Å². The van der Waals surface area contributed by atoms with E-state index in [0.29, 0.717) is 6.54 Å². The predicted molar refractivity (Wildman–Crippen MR) is 84.1 cm³/mol. The number of carbonyl (C=O) groups excluding carboxylic acids is 2. The minimum absolute atomic E-state index is 0.0388. The fourth-order valence-corrected chi connectivity index (χ4v) is 3.51. The molecule has 2 amide bonds. The van der Waals surface area contributed by atoms with E-state index in [1.54, 1.807) is 0 Å². The molecule has 1 aromatic rings. The fraction of sp³-hybridized carbons (Fsp3) is 0.429. The van der Waals surface area contributed by atoms with Crippen LogP contribution in [0.2, 0.25) is 0 Å². The van der Waals surface area contributed by atoms with Crippen LogP contribution in [0.1, 0.15) is 24.9 Å². The van der Waals surface area contributed by atoms with Crippen LogP contribution in [-0.4, -0.2) is 30.9 Å². The lowest BCUT2D eigenvalue weighted by Crippen LogP contribution is -2.55. The van der Waals surface area contributed by atoms with Crippen molar-refractivity contribution in [1.29, 1.82) is 0 Å². The maximum atomic E-state index is 12.0. The van der Waals surface area contributed by atoms with Gasteiger partial charge in [0.15, 0.2) is 0 Å². The van der Waals surface area contributed by atoms with Gasteiger partial charge < -0.3 is 21.3 Å². The zero-order chi connectivity index (χ0) is 15.1. The van der Waals surface area contributed by atoms with E-state index in [0.717, 1.165) is 34.4 Å². The Morgan fingerprint density at radius 3 is 2.86 bits per heavy atom. The third-order valence-corrected chi connectivity index (χ3v) is 4.66. The van der Waals surface area contributed by atoms with Crippen molar-refractivity contribution < 1.29 is 9.59 Å². The Balaban J connectivity index is 2.01. The number of benzene rings is 1. The van der Waals surface area contributed by atoms with E-state index in [2.05, 4.69) is 31.5 Å². The summed E-state index contributed by atoms with van der Waals surface area (Å²) in [6, 6.07) is 2.94. The summed E-state index contributed by atoms with van der Waals surface area (Å²) in [5.41, 5.74) is 8.27. The maximum Gasteiger partial charge on any atom is 0.245 e. The summed E-state index contributed by atoms with van der Waals surface area (Å²) in [4.78, 5) is 25.7. The largest absolute Gasteiger partial charge is 0.357 e. The normalized spacial score (nSPS) is 24.6. The standard InChI is InChI=1S/C14H17BrN4O2/c1-2-10-13(20)17-3-4-19(10)11-6-9-7(5-8(11)15)12(16)14(21)18-9/h5-6,10,12H,2-4,16H2,1H3,(H,17,20)(H,18,21). The van der Waals surface area contributed by atoms with Crippen molar-refractivity contribution in [2.45, 2.75) is 25.4 Å². The van der Waals surface area contributed by atoms with Crippen molar-refractivity contribution in [3.8, 4) is 0 Å². The number of carbonyl (C=O) groups is 2. The SMILES string of the molecule is CCC1C(=O)NCCN1c1cc2c(cc1Br)C(N)C(=O)N2. The van der Waals surface area contributed by atoms with Crippen LogP contribution < -0.4 is 21.3 Å². The number of nitrogens with one attached hydrogen (secondary N) is 2. The molecule has 2 aliphatic heterocycles. The second kappa shape index (κ2) is 5.31. The first-order chi connectivity index (χ1) is 10.0. The lowest BCUT2D eigenvalue weighted by Gasteiger charge is -2.37. The van der Waals surface area contributed by atoms with Gasteiger partial charge in [0.1, 0.15) is 12.1 Å². The number of hydrogen-bond donors (Lipinski definition) is 3. The van der Waals surface area contributed by atoms with Gasteiger partial charge in [0.2, 0.25) is 11.8 Å². The summed E-state index contributed by atoms with van der Waals surface area (Å²) in [7, 11) is 0. The topological polar surface area (TPSA) is 87.5 Å². The first kappa shape index (κ1) is 14.3. The van der Waals surface area contributed by atoms with Gasteiger partial charge in [-0.15, -0.1) is 0 Å². The molecule has 1 aromatic carbocycles. The third-order valence-electron chi connectivity index (χ3n) is 4.02. The van der Waals surface area contributed by atoms with Gasteiger partial charge in [-0.1, -0.05) is 6.92 Å². The number of nitrogens with two attached hydrogens (primary N) is 1. The van der Waals surface area contributed by atoms with Gasteiger partial charge in [0.05, 0.1) is 5.69 Å². The van der Waals surface area contributed by atoms with E-state index in [9.17, 15) is 9.59 Å². The third kappa shape index (κ3) is 2.30. The summed E-state index contributed by atoms with van der Waals surface area (Å²) >= 11 is 3.54. The lowest BCUT2D eigenvalue weighted by molar-refractivity contribution is -0.123. The van der Waals surface area contributed by atoms with E-state index >= 15 is 0 Å². The van der Waals surface area contributed by atoms with Crippen LogP contribution in [0, 0.1) is 0 Å². The van der Waals surface area contributed by atoms with Crippen molar-refractivity contribution in [3.05, 3.63) is 22.2 Å². The lowest BCUT2D eigenvalue weighted by atomic mass is 10.1. The van der Waals surface area contributed by atoms with Crippen LogP contribution in [0.3, 0.4) is 0 Å². The van der Waals surface area contributed by atoms with Crippen molar-refractivity contribution in [1.82, 2.24) is 5.32 Å². The van der Waals surface area contributed by atoms with Crippen LogP contribution in [0.15, 0.2) is 16.6 Å². The molecule has 0 spiro atoms. The van der Waals surface area contributed by atoms with Crippen molar-refractivity contribution >= 4 is 39.1 Å². The van der Waals surface area contributed by atoms with Gasteiger partial charge in [0, 0.05) is 28.8 Å². The second-order valence-corrected chi connectivity index (χ2v) is 6.12. The average Bonchev–Trinajstić information content (AvgIpc) is 2.73. The molecule has 7 heteroatoms. The molecule has 0 radical (unpaired) electrons. The van der Waals surface area contributed by atoms with E-state index in [-0.39, 0.29) is 17.9 Å². The molecule has 1 fully saturated rings. The number of piperazine rings is 1. The van der Waals surface area contributed by atoms with E-state index in [1.807, 2.05) is 19.1 Å². The predicted octanol–water partition coefficient (Wildman–Crippen LogP) is 1.12. The second-order valence-electron chi connectivity index (χ2n) is 5.27. The Morgan fingerprint density at radius 1 is 1.38 bits per heavy atom. The van der Waals surface area contributed by atoms with Crippen LogP contribution in [-0.2, 0) is 9.59 Å². The maximum absolute atomic E-state index is 12.0. The molecule has 6 nitrogen and oxygen atoms in total. The first-order valence-corrected chi connectivity index (χ1v) is 7.76. The van der Waals surface area contributed by atoms with Crippen LogP contribution in [0.5, 0.6) is 0 Å². The number of anilines is 2. The summed E-state index contributed by atoms with van der Waals surface area (Å²) in [6.45, 7) is 3.34. The molecule has 2 atom stereocenters. The minimum atomic E-state index is -0.628. The molecule has 0 bridgehead atoms. The van der Waals surface area contributed by atoms with Crippen molar-refractivity contribution in [2.75, 3.05) is 23.3 Å². The molecule has 0 aliphatic carbocycles. The molecule has 3 rings (SSSR count). The molecule has 21 heavy (non-hydrogen) atoms. The van der Waals surface area contributed by atoms with Crippen molar-refractivity contribution in [3.63, 3.8) is 0 Å². The Bertz CT molecular complexity index is 619. The molecule has 2 heterocycles. The molecule has 1 saturated heterocycles. The van der Waals surface area contributed by atoms with E-state index in [1.165, 1.54) is 0 Å². The summed E-state index contributed by atoms with van der Waals surface area (Å²) in [6.07, 6.45) is 0.723. The number of amides is 2.